The van der Waals surface area contributed by atoms with Crippen molar-refractivity contribution < 1.29 is 13.5 Å². The van der Waals surface area contributed by atoms with Crippen LogP contribution in [0.1, 0.15) is 17.0 Å². The molecule has 0 saturated heterocycles. The molecule has 0 spiro atoms. The number of aryl methyl sites for hydroxylation is 1. The average molecular weight is 216 g/mol. The second kappa shape index (κ2) is 3.06. The van der Waals surface area contributed by atoms with Crippen molar-refractivity contribution in [2.45, 2.75) is 18.8 Å². The summed E-state index contributed by atoms with van der Waals surface area (Å²) in [6.07, 6.45) is 0.501. The van der Waals surface area contributed by atoms with Crippen LogP contribution in [0, 0.1) is 0 Å². The molecule has 2 heterocycles. The third kappa shape index (κ3) is 1.44. The molecule has 0 bridgehead atoms. The van der Waals surface area contributed by atoms with E-state index in [0.717, 1.165) is 5.69 Å². The summed E-state index contributed by atoms with van der Waals surface area (Å²) in [4.78, 5) is 0. The van der Waals surface area contributed by atoms with Gasteiger partial charge >= 0.3 is 0 Å². The van der Waals surface area contributed by atoms with Crippen LogP contribution in [0.25, 0.3) is 0 Å². The van der Waals surface area contributed by atoms with E-state index in [9.17, 15) is 8.42 Å². The quantitative estimate of drug-likeness (QED) is 0.679. The molecule has 1 aliphatic rings. The van der Waals surface area contributed by atoms with Gasteiger partial charge in [0.05, 0.1) is 23.8 Å². The molecule has 1 aliphatic heterocycles. The van der Waals surface area contributed by atoms with Gasteiger partial charge < -0.3 is 5.11 Å². The molecule has 0 aromatic carbocycles. The van der Waals surface area contributed by atoms with Crippen molar-refractivity contribution in [3.8, 4) is 0 Å². The molecule has 0 aliphatic carbocycles. The van der Waals surface area contributed by atoms with Gasteiger partial charge in [0.2, 0.25) is 0 Å². The third-order valence-corrected chi connectivity index (χ3v) is 4.08. The zero-order valence-corrected chi connectivity index (χ0v) is 8.71. The molecule has 0 radical (unpaired) electrons. The number of nitrogens with zero attached hydrogens (tertiary/aromatic N) is 2. The van der Waals surface area contributed by atoms with Gasteiger partial charge in [0.25, 0.3) is 0 Å². The molecule has 6 heteroatoms. The molecular formula is C8H12N2O3S. The van der Waals surface area contributed by atoms with Gasteiger partial charge in [-0.2, -0.15) is 5.10 Å². The van der Waals surface area contributed by atoms with Gasteiger partial charge in [-0.3, -0.25) is 4.68 Å². The van der Waals surface area contributed by atoms with Crippen LogP contribution < -0.4 is 0 Å². The maximum Gasteiger partial charge on any atom is 0.154 e. The molecule has 78 valence electrons. The minimum atomic E-state index is -2.98. The summed E-state index contributed by atoms with van der Waals surface area (Å²) in [6, 6.07) is 0. The fourth-order valence-electron chi connectivity index (χ4n) is 1.81. The van der Waals surface area contributed by atoms with Crippen molar-refractivity contribution in [2.75, 3.05) is 5.75 Å². The predicted octanol–water partition coefficient (Wildman–Crippen LogP) is -0.617. The summed E-state index contributed by atoms with van der Waals surface area (Å²) >= 11 is 0. The van der Waals surface area contributed by atoms with E-state index in [4.69, 9.17) is 5.11 Å². The molecule has 1 aromatic heterocycles. The van der Waals surface area contributed by atoms with Crippen LogP contribution in [0.4, 0.5) is 0 Å². The number of aromatic nitrogens is 2. The molecule has 0 saturated carbocycles. The summed E-state index contributed by atoms with van der Waals surface area (Å²) in [5, 5.41) is 13.1. The number of hydrogen-bond acceptors (Lipinski definition) is 4. The highest BCUT2D eigenvalue weighted by Gasteiger charge is 2.27. The van der Waals surface area contributed by atoms with E-state index in [1.54, 1.807) is 11.7 Å². The Bertz CT molecular complexity index is 461. The van der Waals surface area contributed by atoms with Crippen molar-refractivity contribution in [3.05, 3.63) is 17.0 Å². The summed E-state index contributed by atoms with van der Waals surface area (Å²) < 4.78 is 24.4. The van der Waals surface area contributed by atoms with Crippen molar-refractivity contribution in [1.82, 2.24) is 9.78 Å². The molecular weight excluding hydrogens is 204 g/mol. The van der Waals surface area contributed by atoms with Gasteiger partial charge in [-0.1, -0.05) is 0 Å². The third-order valence-electron chi connectivity index (χ3n) is 2.52. The number of fused-ring (bicyclic) bond motifs is 1. The van der Waals surface area contributed by atoms with Crippen LogP contribution in [0.2, 0.25) is 0 Å². The second-order valence-corrected chi connectivity index (χ2v) is 5.68. The number of sulfone groups is 1. The lowest BCUT2D eigenvalue weighted by Gasteiger charge is -2.13. The van der Waals surface area contributed by atoms with Crippen molar-refractivity contribution in [3.63, 3.8) is 0 Å². The second-order valence-electron chi connectivity index (χ2n) is 3.50. The number of aliphatic hydroxyl groups is 1. The fourth-order valence-corrected chi connectivity index (χ4v) is 3.24. The summed E-state index contributed by atoms with van der Waals surface area (Å²) in [6.45, 7) is -0.196. The van der Waals surface area contributed by atoms with Gasteiger partial charge in [-0.15, -0.1) is 0 Å². The summed E-state index contributed by atoms with van der Waals surface area (Å²) in [5.74, 6) is 0.205. The highest BCUT2D eigenvalue weighted by molar-refractivity contribution is 7.90. The topological polar surface area (TPSA) is 72.2 Å². The van der Waals surface area contributed by atoms with Gasteiger partial charge in [0.1, 0.15) is 0 Å². The van der Waals surface area contributed by atoms with Crippen LogP contribution >= 0.6 is 0 Å². The SMILES string of the molecule is Cn1nc(CO)c2c1CCS(=O)(=O)C2. The van der Waals surface area contributed by atoms with Crippen LogP contribution in [0.5, 0.6) is 0 Å². The van der Waals surface area contributed by atoms with Crippen LogP contribution in [0.3, 0.4) is 0 Å². The number of aliphatic hydroxyl groups excluding tert-OH is 1. The van der Waals surface area contributed by atoms with E-state index in [1.165, 1.54) is 0 Å². The Morgan fingerprint density at radius 2 is 2.29 bits per heavy atom. The van der Waals surface area contributed by atoms with Gasteiger partial charge in [0.15, 0.2) is 9.84 Å². The van der Waals surface area contributed by atoms with E-state index < -0.39 is 9.84 Å². The van der Waals surface area contributed by atoms with Crippen molar-refractivity contribution in [1.29, 1.82) is 0 Å². The number of hydrogen-bond donors (Lipinski definition) is 1. The normalized spacial score (nSPS) is 19.3. The summed E-state index contributed by atoms with van der Waals surface area (Å²) in [5.41, 5.74) is 2.12. The molecule has 0 unspecified atom stereocenters. The van der Waals surface area contributed by atoms with E-state index in [2.05, 4.69) is 5.10 Å². The lowest BCUT2D eigenvalue weighted by Crippen LogP contribution is -2.20. The Kier molecular flexibility index (Phi) is 2.11. The minimum Gasteiger partial charge on any atom is -0.390 e. The largest absolute Gasteiger partial charge is 0.390 e. The minimum absolute atomic E-state index is 0.0199. The Labute approximate surface area is 82.3 Å². The van der Waals surface area contributed by atoms with E-state index in [-0.39, 0.29) is 18.1 Å². The average Bonchev–Trinajstić information content (AvgIpc) is 2.40. The molecule has 0 atom stereocenters. The standard InChI is InChI=1S/C8H12N2O3S/c1-10-8-2-3-14(12,13)5-6(8)7(4-11)9-10/h11H,2-5H2,1H3. The lowest BCUT2D eigenvalue weighted by molar-refractivity contribution is 0.275. The molecule has 1 aromatic rings. The first kappa shape index (κ1) is 9.67. The zero-order chi connectivity index (χ0) is 10.3. The van der Waals surface area contributed by atoms with Crippen LogP contribution in [0.15, 0.2) is 0 Å². The molecule has 0 amide bonds. The molecule has 14 heavy (non-hydrogen) atoms. The Morgan fingerprint density at radius 1 is 1.57 bits per heavy atom. The highest BCUT2D eigenvalue weighted by atomic mass is 32.2. The molecule has 0 fully saturated rings. The van der Waals surface area contributed by atoms with Crippen LogP contribution in [-0.4, -0.2) is 29.1 Å². The molecule has 2 rings (SSSR count). The highest BCUT2D eigenvalue weighted by Crippen LogP contribution is 2.23. The Balaban J connectivity index is 2.54. The first-order chi connectivity index (χ1) is 6.53. The van der Waals surface area contributed by atoms with Crippen molar-refractivity contribution >= 4 is 9.84 Å². The van der Waals surface area contributed by atoms with Gasteiger partial charge in [0, 0.05) is 24.7 Å². The first-order valence-corrected chi connectivity index (χ1v) is 6.20. The smallest absolute Gasteiger partial charge is 0.154 e. The van der Waals surface area contributed by atoms with E-state index >= 15 is 0 Å². The molecule has 1 N–H and O–H groups in total. The predicted molar refractivity (Wildman–Crippen MR) is 50.3 cm³/mol. The molecule has 5 nitrogen and oxygen atoms in total. The van der Waals surface area contributed by atoms with Crippen LogP contribution in [-0.2, 0) is 35.7 Å². The van der Waals surface area contributed by atoms with Gasteiger partial charge in [-0.25, -0.2) is 8.42 Å². The van der Waals surface area contributed by atoms with Crippen molar-refractivity contribution in [2.24, 2.45) is 7.05 Å². The number of rotatable bonds is 1. The maximum atomic E-state index is 11.4. The van der Waals surface area contributed by atoms with Gasteiger partial charge in [-0.05, 0) is 0 Å². The van der Waals surface area contributed by atoms with E-state index in [1.807, 2.05) is 0 Å². The summed E-state index contributed by atoms with van der Waals surface area (Å²) in [7, 11) is -1.21. The first-order valence-electron chi connectivity index (χ1n) is 4.38. The lowest BCUT2D eigenvalue weighted by atomic mass is 10.1. The maximum absolute atomic E-state index is 11.4. The van der Waals surface area contributed by atoms with E-state index in [0.29, 0.717) is 17.7 Å². The monoisotopic (exact) mass is 216 g/mol. The Morgan fingerprint density at radius 3 is 2.93 bits per heavy atom. The Hall–Kier alpha value is -0.880. The zero-order valence-electron chi connectivity index (χ0n) is 7.89. The fraction of sp³-hybridized carbons (Fsp3) is 0.625.